The molecular weight excluding hydrogens is 368 g/mol. The van der Waals surface area contributed by atoms with Gasteiger partial charge in [0.2, 0.25) is 0 Å². The smallest absolute Gasteiger partial charge is 0.190 e. The van der Waals surface area contributed by atoms with Crippen LogP contribution < -0.4 is 0 Å². The number of aliphatic hydroxyl groups excluding tert-OH is 2. The topological polar surface area (TPSA) is 94.8 Å². The van der Waals surface area contributed by atoms with Crippen LogP contribution >= 0.6 is 0 Å². The van der Waals surface area contributed by atoms with Crippen molar-refractivity contribution in [3.8, 4) is 0 Å². The van der Waals surface area contributed by atoms with Crippen molar-refractivity contribution < 1.29 is 24.9 Å². The lowest BCUT2D eigenvalue weighted by atomic mass is 9.38. The summed E-state index contributed by atoms with van der Waals surface area (Å²) in [4.78, 5) is 24.8. The SMILES string of the molecule is CC1CC2C3CC(C)C(O)(C(=O)CO)C3(C)CC(O)C2(C)C2(C)C=CC(=O)C=C12. The number of ketones is 2. The van der Waals surface area contributed by atoms with Crippen molar-refractivity contribution in [3.05, 3.63) is 23.8 Å². The van der Waals surface area contributed by atoms with E-state index in [-0.39, 0.29) is 29.5 Å². The normalized spacial score (nSPS) is 53.7. The molecule has 0 aromatic heterocycles. The lowest BCUT2D eigenvalue weighted by molar-refractivity contribution is -0.212. The standard InChI is InChI=1S/C24H34O5/c1-13-8-18-17-9-14(2)24(29,20(28)12-25)22(17,4)11-19(27)23(18,5)21(3)7-6-15(26)10-16(13)21/h6-7,10,13-14,17-19,25,27,29H,8-9,11-12H2,1-5H3. The predicted octanol–water partition coefficient (Wildman–Crippen LogP) is 2.44. The summed E-state index contributed by atoms with van der Waals surface area (Å²) in [6, 6.07) is 0. The van der Waals surface area contributed by atoms with Crippen molar-refractivity contribution in [1.29, 1.82) is 0 Å². The molecule has 0 aromatic rings. The van der Waals surface area contributed by atoms with Gasteiger partial charge in [0, 0.05) is 16.2 Å². The Kier molecular flexibility index (Phi) is 4.42. The first-order valence-electron chi connectivity index (χ1n) is 10.9. The second kappa shape index (κ2) is 6.12. The third-order valence-electron chi connectivity index (χ3n) is 9.88. The van der Waals surface area contributed by atoms with Crippen LogP contribution in [0.4, 0.5) is 0 Å². The maximum atomic E-state index is 12.7. The highest BCUT2D eigenvalue weighted by Gasteiger charge is 2.73. The molecule has 9 atom stereocenters. The summed E-state index contributed by atoms with van der Waals surface area (Å²) < 4.78 is 0. The number of rotatable bonds is 2. The summed E-state index contributed by atoms with van der Waals surface area (Å²) in [6.45, 7) is 9.51. The Balaban J connectivity index is 1.87. The largest absolute Gasteiger partial charge is 0.392 e. The Morgan fingerprint density at radius 1 is 1.17 bits per heavy atom. The number of Topliss-reactive ketones (excluding diaryl/α,β-unsaturated/α-hetero) is 1. The maximum Gasteiger partial charge on any atom is 0.190 e. The van der Waals surface area contributed by atoms with Gasteiger partial charge in [0.25, 0.3) is 0 Å². The zero-order valence-electron chi connectivity index (χ0n) is 18.1. The van der Waals surface area contributed by atoms with Crippen LogP contribution in [0.1, 0.15) is 53.9 Å². The van der Waals surface area contributed by atoms with Gasteiger partial charge < -0.3 is 15.3 Å². The van der Waals surface area contributed by atoms with E-state index in [9.17, 15) is 24.9 Å². The third-order valence-corrected chi connectivity index (χ3v) is 9.88. The predicted molar refractivity (Wildman–Crippen MR) is 109 cm³/mol. The molecule has 0 radical (unpaired) electrons. The number of hydrogen-bond donors (Lipinski definition) is 3. The fourth-order valence-electron chi connectivity index (χ4n) is 8.05. The monoisotopic (exact) mass is 402 g/mol. The van der Waals surface area contributed by atoms with Gasteiger partial charge in [-0.15, -0.1) is 0 Å². The Morgan fingerprint density at radius 3 is 2.45 bits per heavy atom. The minimum absolute atomic E-state index is 0.00100. The quantitative estimate of drug-likeness (QED) is 0.659. The van der Waals surface area contributed by atoms with Crippen LogP contribution in [-0.4, -0.2) is 45.2 Å². The van der Waals surface area contributed by atoms with E-state index < -0.39 is 40.3 Å². The molecule has 0 bridgehead atoms. The Hall–Kier alpha value is -1.30. The number of fused-ring (bicyclic) bond motifs is 5. The van der Waals surface area contributed by atoms with Gasteiger partial charge in [-0.05, 0) is 55.1 Å². The molecule has 5 heteroatoms. The zero-order chi connectivity index (χ0) is 21.6. The molecule has 3 N–H and O–H groups in total. The molecule has 4 aliphatic rings. The average molecular weight is 403 g/mol. The van der Waals surface area contributed by atoms with Crippen LogP contribution in [0, 0.1) is 39.9 Å². The first kappa shape index (κ1) is 21.0. The highest BCUT2D eigenvalue weighted by atomic mass is 16.3. The first-order chi connectivity index (χ1) is 13.4. The lowest BCUT2D eigenvalue weighted by Gasteiger charge is -2.66. The molecule has 3 saturated carbocycles. The van der Waals surface area contributed by atoms with E-state index in [2.05, 4.69) is 20.8 Å². The van der Waals surface area contributed by atoms with E-state index in [1.807, 2.05) is 19.9 Å². The zero-order valence-corrected chi connectivity index (χ0v) is 18.1. The highest BCUT2D eigenvalue weighted by molar-refractivity contribution is 6.01. The van der Waals surface area contributed by atoms with Crippen molar-refractivity contribution >= 4 is 11.6 Å². The first-order valence-corrected chi connectivity index (χ1v) is 10.9. The molecule has 0 aromatic carbocycles. The Labute approximate surface area is 172 Å². The van der Waals surface area contributed by atoms with Crippen LogP contribution in [0.15, 0.2) is 23.8 Å². The van der Waals surface area contributed by atoms with Gasteiger partial charge in [-0.2, -0.15) is 0 Å². The minimum atomic E-state index is -1.63. The van der Waals surface area contributed by atoms with Gasteiger partial charge in [0.1, 0.15) is 12.2 Å². The van der Waals surface area contributed by atoms with Gasteiger partial charge >= 0.3 is 0 Å². The molecule has 29 heavy (non-hydrogen) atoms. The van der Waals surface area contributed by atoms with Crippen molar-refractivity contribution in [3.63, 3.8) is 0 Å². The van der Waals surface area contributed by atoms with Crippen LogP contribution in [0.3, 0.4) is 0 Å². The van der Waals surface area contributed by atoms with E-state index in [4.69, 9.17) is 0 Å². The minimum Gasteiger partial charge on any atom is -0.392 e. The highest BCUT2D eigenvalue weighted by Crippen LogP contribution is 2.73. The summed E-state index contributed by atoms with van der Waals surface area (Å²) in [5.74, 6) is -0.495. The van der Waals surface area contributed by atoms with E-state index >= 15 is 0 Å². The van der Waals surface area contributed by atoms with Gasteiger partial charge in [0.15, 0.2) is 11.6 Å². The fraction of sp³-hybridized carbons (Fsp3) is 0.750. The van der Waals surface area contributed by atoms with Crippen LogP contribution in [0.2, 0.25) is 0 Å². The van der Waals surface area contributed by atoms with E-state index in [1.54, 1.807) is 12.2 Å². The summed E-state index contributed by atoms with van der Waals surface area (Å²) in [5, 5.41) is 32.7. The van der Waals surface area contributed by atoms with Gasteiger partial charge in [-0.1, -0.05) is 46.3 Å². The second-order valence-electron chi connectivity index (χ2n) is 10.8. The number of carbonyl (C=O) groups is 2. The van der Waals surface area contributed by atoms with E-state index in [1.165, 1.54) is 0 Å². The molecule has 9 unspecified atom stereocenters. The number of carbonyl (C=O) groups excluding carboxylic acids is 2. The van der Waals surface area contributed by atoms with Gasteiger partial charge in [-0.25, -0.2) is 0 Å². The summed E-state index contributed by atoms with van der Waals surface area (Å²) in [7, 11) is 0. The Morgan fingerprint density at radius 2 is 1.83 bits per heavy atom. The van der Waals surface area contributed by atoms with Crippen molar-refractivity contribution in [2.75, 3.05) is 6.61 Å². The molecule has 0 aliphatic heterocycles. The van der Waals surface area contributed by atoms with Crippen LogP contribution in [-0.2, 0) is 9.59 Å². The van der Waals surface area contributed by atoms with E-state index in [0.717, 1.165) is 12.0 Å². The fourth-order valence-corrected chi connectivity index (χ4v) is 8.05. The summed E-state index contributed by atoms with van der Waals surface area (Å²) >= 11 is 0. The summed E-state index contributed by atoms with van der Waals surface area (Å²) in [6.07, 6.45) is 6.40. The molecule has 160 valence electrons. The van der Waals surface area contributed by atoms with Crippen LogP contribution in [0.25, 0.3) is 0 Å². The van der Waals surface area contributed by atoms with Gasteiger partial charge in [0.05, 0.1) is 6.10 Å². The van der Waals surface area contributed by atoms with E-state index in [0.29, 0.717) is 12.8 Å². The van der Waals surface area contributed by atoms with Crippen molar-refractivity contribution in [2.24, 2.45) is 39.9 Å². The molecule has 4 aliphatic carbocycles. The van der Waals surface area contributed by atoms with Crippen molar-refractivity contribution in [1.82, 2.24) is 0 Å². The third kappa shape index (κ3) is 2.22. The molecular formula is C24H34O5. The number of allylic oxidation sites excluding steroid dienone is 4. The van der Waals surface area contributed by atoms with Gasteiger partial charge in [-0.3, -0.25) is 9.59 Å². The molecule has 0 heterocycles. The molecule has 3 fully saturated rings. The maximum absolute atomic E-state index is 12.7. The molecule has 4 rings (SSSR count). The molecule has 0 spiro atoms. The molecule has 5 nitrogen and oxygen atoms in total. The number of hydrogen-bond acceptors (Lipinski definition) is 5. The van der Waals surface area contributed by atoms with Crippen molar-refractivity contribution in [2.45, 2.75) is 65.6 Å². The second-order valence-corrected chi connectivity index (χ2v) is 10.8. The lowest BCUT2D eigenvalue weighted by Crippen LogP contribution is -2.67. The van der Waals surface area contributed by atoms with Crippen LogP contribution in [0.5, 0.6) is 0 Å². The average Bonchev–Trinajstić information content (AvgIpc) is 2.86. The molecule has 0 amide bonds. The number of aliphatic hydroxyl groups is 3. The Bertz CT molecular complexity index is 829. The summed E-state index contributed by atoms with van der Waals surface area (Å²) in [5.41, 5.74) is -2.29. The molecule has 0 saturated heterocycles.